The molecule has 2 unspecified atom stereocenters. The number of hydrogen-bond acceptors (Lipinski definition) is 3. The standard InChI is InChI=1S/C15H24ClN3/c1-12(11-17)13(2)18-7-9-19(10-8-18)15-5-3-14(16)4-6-15/h3-6,12-13H,7-11,17H2,1-2H3. The molecule has 4 heteroatoms. The van der Waals surface area contributed by atoms with Crippen LogP contribution < -0.4 is 10.6 Å². The maximum Gasteiger partial charge on any atom is 0.0407 e. The Morgan fingerprint density at radius 1 is 1.11 bits per heavy atom. The van der Waals surface area contributed by atoms with Crippen LogP contribution in [0.25, 0.3) is 0 Å². The summed E-state index contributed by atoms with van der Waals surface area (Å²) in [5.74, 6) is 0.557. The number of rotatable bonds is 4. The van der Waals surface area contributed by atoms with E-state index in [0.29, 0.717) is 12.0 Å². The Labute approximate surface area is 121 Å². The molecule has 0 saturated carbocycles. The summed E-state index contributed by atoms with van der Waals surface area (Å²) < 4.78 is 0. The van der Waals surface area contributed by atoms with E-state index in [9.17, 15) is 0 Å². The van der Waals surface area contributed by atoms with Gasteiger partial charge >= 0.3 is 0 Å². The minimum absolute atomic E-state index is 0.557. The lowest BCUT2D eigenvalue weighted by Gasteiger charge is -2.40. The van der Waals surface area contributed by atoms with Crippen molar-refractivity contribution in [1.82, 2.24) is 4.90 Å². The highest BCUT2D eigenvalue weighted by atomic mass is 35.5. The number of benzene rings is 1. The van der Waals surface area contributed by atoms with Gasteiger partial charge in [0.25, 0.3) is 0 Å². The molecule has 1 fully saturated rings. The molecule has 1 aliphatic heterocycles. The molecule has 1 aromatic carbocycles. The third kappa shape index (κ3) is 3.62. The number of hydrogen-bond donors (Lipinski definition) is 1. The maximum atomic E-state index is 5.93. The average molecular weight is 282 g/mol. The molecule has 0 amide bonds. The summed E-state index contributed by atoms with van der Waals surface area (Å²) in [7, 11) is 0. The van der Waals surface area contributed by atoms with E-state index in [1.165, 1.54) is 5.69 Å². The second kappa shape index (κ2) is 6.60. The molecule has 0 spiro atoms. The van der Waals surface area contributed by atoms with E-state index in [4.69, 9.17) is 17.3 Å². The van der Waals surface area contributed by atoms with E-state index in [2.05, 4.69) is 35.8 Å². The van der Waals surface area contributed by atoms with Gasteiger partial charge in [0.15, 0.2) is 0 Å². The van der Waals surface area contributed by atoms with E-state index in [0.717, 1.165) is 37.7 Å². The monoisotopic (exact) mass is 281 g/mol. The van der Waals surface area contributed by atoms with E-state index in [-0.39, 0.29) is 0 Å². The van der Waals surface area contributed by atoms with E-state index >= 15 is 0 Å². The van der Waals surface area contributed by atoms with Crippen LogP contribution in [0.2, 0.25) is 5.02 Å². The largest absolute Gasteiger partial charge is 0.369 e. The quantitative estimate of drug-likeness (QED) is 0.920. The van der Waals surface area contributed by atoms with Crippen molar-refractivity contribution in [3.05, 3.63) is 29.3 Å². The zero-order chi connectivity index (χ0) is 13.8. The minimum atomic E-state index is 0.557. The molecule has 19 heavy (non-hydrogen) atoms. The van der Waals surface area contributed by atoms with E-state index < -0.39 is 0 Å². The van der Waals surface area contributed by atoms with Gasteiger partial charge < -0.3 is 10.6 Å². The highest BCUT2D eigenvalue weighted by Crippen LogP contribution is 2.21. The Bertz CT molecular complexity index is 385. The van der Waals surface area contributed by atoms with Crippen molar-refractivity contribution in [2.24, 2.45) is 11.7 Å². The predicted molar refractivity (Wildman–Crippen MR) is 82.9 cm³/mol. The van der Waals surface area contributed by atoms with Gasteiger partial charge in [0, 0.05) is 42.9 Å². The van der Waals surface area contributed by atoms with Crippen LogP contribution in [-0.2, 0) is 0 Å². The number of piperazine rings is 1. The summed E-state index contributed by atoms with van der Waals surface area (Å²) in [4.78, 5) is 4.97. The molecule has 0 bridgehead atoms. The van der Waals surface area contributed by atoms with Crippen molar-refractivity contribution in [3.8, 4) is 0 Å². The first-order valence-electron chi connectivity index (χ1n) is 7.06. The molecular weight excluding hydrogens is 258 g/mol. The van der Waals surface area contributed by atoms with Crippen LogP contribution in [0.4, 0.5) is 5.69 Å². The Hall–Kier alpha value is -0.770. The Morgan fingerprint density at radius 2 is 1.68 bits per heavy atom. The highest BCUT2D eigenvalue weighted by molar-refractivity contribution is 6.30. The van der Waals surface area contributed by atoms with Gasteiger partial charge in [-0.2, -0.15) is 0 Å². The van der Waals surface area contributed by atoms with Crippen LogP contribution in [0.3, 0.4) is 0 Å². The number of halogens is 1. The van der Waals surface area contributed by atoms with Gasteiger partial charge in [0.2, 0.25) is 0 Å². The molecule has 2 N–H and O–H groups in total. The smallest absolute Gasteiger partial charge is 0.0407 e. The molecule has 2 rings (SSSR count). The average Bonchev–Trinajstić information content (AvgIpc) is 2.46. The fourth-order valence-corrected chi connectivity index (χ4v) is 2.72. The van der Waals surface area contributed by atoms with Crippen LogP contribution in [0, 0.1) is 5.92 Å². The van der Waals surface area contributed by atoms with Gasteiger partial charge in [-0.15, -0.1) is 0 Å². The first-order chi connectivity index (χ1) is 9.11. The molecule has 0 aromatic heterocycles. The van der Waals surface area contributed by atoms with Gasteiger partial charge in [-0.1, -0.05) is 18.5 Å². The summed E-state index contributed by atoms with van der Waals surface area (Å²) in [5, 5.41) is 0.799. The third-order valence-electron chi connectivity index (χ3n) is 4.28. The van der Waals surface area contributed by atoms with Gasteiger partial charge in [0.1, 0.15) is 0 Å². The predicted octanol–water partition coefficient (Wildman–Crippen LogP) is 2.45. The summed E-state index contributed by atoms with van der Waals surface area (Å²) in [5.41, 5.74) is 7.03. The molecule has 1 heterocycles. The van der Waals surface area contributed by atoms with Crippen LogP contribution in [0.5, 0.6) is 0 Å². The van der Waals surface area contributed by atoms with Crippen molar-refractivity contribution in [3.63, 3.8) is 0 Å². The molecule has 1 aromatic rings. The number of anilines is 1. The first-order valence-corrected chi connectivity index (χ1v) is 7.44. The Balaban J connectivity index is 1.90. The van der Waals surface area contributed by atoms with Crippen LogP contribution in [-0.4, -0.2) is 43.7 Å². The van der Waals surface area contributed by atoms with E-state index in [1.807, 2.05) is 12.1 Å². The molecular formula is C15H24ClN3. The lowest BCUT2D eigenvalue weighted by atomic mass is 10.0. The summed E-state index contributed by atoms with van der Waals surface area (Å²) in [6, 6.07) is 8.69. The second-order valence-corrected chi connectivity index (χ2v) is 5.89. The lowest BCUT2D eigenvalue weighted by molar-refractivity contribution is 0.155. The Kier molecular flexibility index (Phi) is 5.08. The van der Waals surface area contributed by atoms with Gasteiger partial charge in [-0.3, -0.25) is 4.90 Å². The third-order valence-corrected chi connectivity index (χ3v) is 4.53. The van der Waals surface area contributed by atoms with Crippen molar-refractivity contribution in [2.45, 2.75) is 19.9 Å². The molecule has 1 saturated heterocycles. The minimum Gasteiger partial charge on any atom is -0.369 e. The number of nitrogens with zero attached hydrogens (tertiary/aromatic N) is 2. The van der Waals surface area contributed by atoms with Crippen molar-refractivity contribution in [2.75, 3.05) is 37.6 Å². The van der Waals surface area contributed by atoms with Crippen molar-refractivity contribution in [1.29, 1.82) is 0 Å². The topological polar surface area (TPSA) is 32.5 Å². The molecule has 106 valence electrons. The van der Waals surface area contributed by atoms with Gasteiger partial charge in [-0.05, 0) is 43.7 Å². The zero-order valence-corrected chi connectivity index (χ0v) is 12.6. The molecule has 0 aliphatic carbocycles. The molecule has 3 nitrogen and oxygen atoms in total. The van der Waals surface area contributed by atoms with E-state index in [1.54, 1.807) is 0 Å². The highest BCUT2D eigenvalue weighted by Gasteiger charge is 2.23. The van der Waals surface area contributed by atoms with Crippen molar-refractivity contribution < 1.29 is 0 Å². The van der Waals surface area contributed by atoms with Gasteiger partial charge in [0.05, 0.1) is 0 Å². The summed E-state index contributed by atoms with van der Waals surface area (Å²) >= 11 is 5.93. The molecule has 1 aliphatic rings. The molecule has 0 radical (unpaired) electrons. The number of nitrogens with two attached hydrogens (primary N) is 1. The van der Waals surface area contributed by atoms with Crippen LogP contribution >= 0.6 is 11.6 Å². The molecule has 2 atom stereocenters. The lowest BCUT2D eigenvalue weighted by Crippen LogP contribution is -2.52. The SMILES string of the molecule is CC(CN)C(C)N1CCN(c2ccc(Cl)cc2)CC1. The zero-order valence-electron chi connectivity index (χ0n) is 11.8. The fraction of sp³-hybridized carbons (Fsp3) is 0.600. The second-order valence-electron chi connectivity index (χ2n) is 5.45. The van der Waals surface area contributed by atoms with Crippen LogP contribution in [0.15, 0.2) is 24.3 Å². The summed E-state index contributed by atoms with van der Waals surface area (Å²) in [6.07, 6.45) is 0. The Morgan fingerprint density at radius 3 is 2.21 bits per heavy atom. The van der Waals surface area contributed by atoms with Crippen LogP contribution in [0.1, 0.15) is 13.8 Å². The normalized spacial score (nSPS) is 20.3. The summed E-state index contributed by atoms with van der Waals surface area (Å²) in [6.45, 7) is 9.64. The first kappa shape index (κ1) is 14.6. The van der Waals surface area contributed by atoms with Crippen molar-refractivity contribution >= 4 is 17.3 Å². The maximum absolute atomic E-state index is 5.93. The van der Waals surface area contributed by atoms with Gasteiger partial charge in [-0.25, -0.2) is 0 Å². The fourth-order valence-electron chi connectivity index (χ4n) is 2.60.